The summed E-state index contributed by atoms with van der Waals surface area (Å²) in [6.45, 7) is 0. The molecule has 1 aliphatic carbocycles. The molecule has 0 saturated heterocycles. The van der Waals surface area contributed by atoms with Crippen LogP contribution in [-0.4, -0.2) is 27.9 Å². The Morgan fingerprint density at radius 2 is 1.90 bits per heavy atom. The van der Waals surface area contributed by atoms with Crippen molar-refractivity contribution < 1.29 is 19.6 Å². The summed E-state index contributed by atoms with van der Waals surface area (Å²) in [4.78, 5) is 33.0. The van der Waals surface area contributed by atoms with Crippen LogP contribution < -0.4 is 5.32 Å². The molecule has 2 unspecified atom stereocenters. The molecule has 0 heterocycles. The molecule has 0 aromatic heterocycles. The van der Waals surface area contributed by atoms with Crippen LogP contribution in [0.1, 0.15) is 36.0 Å². The number of carbonyl (C=O) groups is 2. The number of nitro groups is 1. The highest BCUT2D eigenvalue weighted by Crippen LogP contribution is 2.24. The first-order valence-corrected chi connectivity index (χ1v) is 6.75. The van der Waals surface area contributed by atoms with Gasteiger partial charge in [-0.25, -0.2) is 0 Å². The zero-order chi connectivity index (χ0) is 15.4. The number of carboxylic acids is 1. The summed E-state index contributed by atoms with van der Waals surface area (Å²) < 4.78 is 0. The molecule has 1 aliphatic rings. The van der Waals surface area contributed by atoms with Crippen molar-refractivity contribution in [3.8, 4) is 0 Å². The van der Waals surface area contributed by atoms with Crippen LogP contribution in [-0.2, 0) is 4.79 Å². The molecule has 2 rings (SSSR count). The Hall–Kier alpha value is -2.44. The van der Waals surface area contributed by atoms with E-state index in [2.05, 4.69) is 5.32 Å². The molecule has 2 atom stereocenters. The lowest BCUT2D eigenvalue weighted by Gasteiger charge is -2.27. The summed E-state index contributed by atoms with van der Waals surface area (Å²) in [6, 6.07) is 5.17. The summed E-state index contributed by atoms with van der Waals surface area (Å²) in [5.74, 6) is -1.58. The maximum atomic E-state index is 12.0. The molecule has 7 nitrogen and oxygen atoms in total. The van der Waals surface area contributed by atoms with Gasteiger partial charge in [0.05, 0.1) is 10.8 Å². The second-order valence-corrected chi connectivity index (χ2v) is 5.18. The normalized spacial score (nSPS) is 21.5. The molecular formula is C14H16N2O5. The van der Waals surface area contributed by atoms with Gasteiger partial charge in [0.2, 0.25) is 0 Å². The summed E-state index contributed by atoms with van der Waals surface area (Å²) in [5, 5.41) is 22.4. The van der Waals surface area contributed by atoms with E-state index in [1.54, 1.807) is 0 Å². The Kier molecular flexibility index (Phi) is 4.52. The molecule has 1 aromatic rings. The van der Waals surface area contributed by atoms with Gasteiger partial charge in [0, 0.05) is 23.7 Å². The van der Waals surface area contributed by atoms with Crippen molar-refractivity contribution in [2.75, 3.05) is 0 Å². The number of nitrogens with zero attached hydrogens (tertiary/aromatic N) is 1. The summed E-state index contributed by atoms with van der Waals surface area (Å²) in [5.41, 5.74) is 0.258. The van der Waals surface area contributed by atoms with E-state index in [4.69, 9.17) is 5.11 Å². The monoisotopic (exact) mass is 292 g/mol. The number of carbonyl (C=O) groups excluding carboxylic acids is 1. The minimum absolute atomic E-state index is 0.0739. The van der Waals surface area contributed by atoms with Crippen molar-refractivity contribution in [3.05, 3.63) is 39.9 Å². The standard InChI is InChI=1S/C14H16N2O5/c17-13(9-4-6-12(7-5-9)16(20)21)15-11-3-1-2-10(8-11)14(18)19/h4-7,10-11H,1-3,8H2,(H,15,17)(H,18,19). The Morgan fingerprint density at radius 1 is 1.24 bits per heavy atom. The second-order valence-electron chi connectivity index (χ2n) is 5.18. The molecule has 0 spiro atoms. The summed E-state index contributed by atoms with van der Waals surface area (Å²) in [6.07, 6.45) is 2.58. The molecule has 1 aromatic carbocycles. The number of rotatable bonds is 4. The van der Waals surface area contributed by atoms with Crippen molar-refractivity contribution in [1.82, 2.24) is 5.32 Å². The number of carboxylic acid groups (broad SMARTS) is 1. The molecule has 0 aliphatic heterocycles. The third-order valence-electron chi connectivity index (χ3n) is 3.70. The number of benzene rings is 1. The van der Waals surface area contributed by atoms with Crippen molar-refractivity contribution in [3.63, 3.8) is 0 Å². The number of amides is 1. The van der Waals surface area contributed by atoms with Gasteiger partial charge in [0.25, 0.3) is 11.6 Å². The van der Waals surface area contributed by atoms with Crippen LogP contribution in [0.4, 0.5) is 5.69 Å². The lowest BCUT2D eigenvalue weighted by atomic mass is 9.85. The Labute approximate surface area is 121 Å². The SMILES string of the molecule is O=C(NC1CCCC(C(=O)O)C1)c1ccc([N+](=O)[O-])cc1. The number of hydrogen-bond acceptors (Lipinski definition) is 4. The van der Waals surface area contributed by atoms with E-state index in [1.165, 1.54) is 24.3 Å². The minimum atomic E-state index is -0.829. The minimum Gasteiger partial charge on any atom is -0.481 e. The highest BCUT2D eigenvalue weighted by molar-refractivity contribution is 5.94. The van der Waals surface area contributed by atoms with Crippen LogP contribution in [0.5, 0.6) is 0 Å². The van der Waals surface area contributed by atoms with E-state index in [-0.39, 0.29) is 17.6 Å². The van der Waals surface area contributed by atoms with Crippen LogP contribution in [0.3, 0.4) is 0 Å². The number of aliphatic carboxylic acids is 1. The fraction of sp³-hybridized carbons (Fsp3) is 0.429. The van der Waals surface area contributed by atoms with Gasteiger partial charge in [-0.05, 0) is 31.4 Å². The van der Waals surface area contributed by atoms with Crippen molar-refractivity contribution in [2.24, 2.45) is 5.92 Å². The number of nitro benzene ring substituents is 1. The molecule has 1 saturated carbocycles. The predicted molar refractivity (Wildman–Crippen MR) is 73.9 cm³/mol. The number of non-ortho nitro benzene ring substituents is 1. The zero-order valence-electron chi connectivity index (χ0n) is 11.3. The van der Waals surface area contributed by atoms with Crippen molar-refractivity contribution >= 4 is 17.6 Å². The average Bonchev–Trinajstić information content (AvgIpc) is 2.47. The van der Waals surface area contributed by atoms with Gasteiger partial charge < -0.3 is 10.4 Å². The lowest BCUT2D eigenvalue weighted by molar-refractivity contribution is -0.384. The van der Waals surface area contributed by atoms with Crippen LogP contribution in [0, 0.1) is 16.0 Å². The summed E-state index contributed by atoms with van der Waals surface area (Å²) >= 11 is 0. The molecule has 0 radical (unpaired) electrons. The first kappa shape index (κ1) is 15.0. The number of hydrogen-bond donors (Lipinski definition) is 2. The molecule has 21 heavy (non-hydrogen) atoms. The fourth-order valence-corrected chi connectivity index (χ4v) is 2.55. The lowest BCUT2D eigenvalue weighted by Crippen LogP contribution is -2.39. The van der Waals surface area contributed by atoms with Gasteiger partial charge in [-0.3, -0.25) is 19.7 Å². The quantitative estimate of drug-likeness (QED) is 0.651. The zero-order valence-corrected chi connectivity index (χ0v) is 11.3. The average molecular weight is 292 g/mol. The van der Waals surface area contributed by atoms with E-state index in [0.29, 0.717) is 18.4 Å². The van der Waals surface area contributed by atoms with Gasteiger partial charge in [0.1, 0.15) is 0 Å². The predicted octanol–water partition coefficient (Wildman–Crippen LogP) is 1.97. The van der Waals surface area contributed by atoms with Gasteiger partial charge in [-0.1, -0.05) is 6.42 Å². The van der Waals surface area contributed by atoms with Gasteiger partial charge in [-0.15, -0.1) is 0 Å². The topological polar surface area (TPSA) is 110 Å². The van der Waals surface area contributed by atoms with Crippen LogP contribution in [0.15, 0.2) is 24.3 Å². The Balaban J connectivity index is 1.97. The van der Waals surface area contributed by atoms with E-state index in [0.717, 1.165) is 12.8 Å². The van der Waals surface area contributed by atoms with Gasteiger partial charge >= 0.3 is 5.97 Å². The van der Waals surface area contributed by atoms with Crippen molar-refractivity contribution in [2.45, 2.75) is 31.7 Å². The second kappa shape index (κ2) is 6.34. The Morgan fingerprint density at radius 3 is 2.48 bits per heavy atom. The van der Waals surface area contributed by atoms with E-state index in [1.807, 2.05) is 0 Å². The highest BCUT2D eigenvalue weighted by Gasteiger charge is 2.28. The first-order valence-electron chi connectivity index (χ1n) is 6.75. The highest BCUT2D eigenvalue weighted by atomic mass is 16.6. The smallest absolute Gasteiger partial charge is 0.306 e. The van der Waals surface area contributed by atoms with Gasteiger partial charge in [0.15, 0.2) is 0 Å². The molecular weight excluding hydrogens is 276 g/mol. The number of nitrogens with one attached hydrogen (secondary N) is 1. The molecule has 0 bridgehead atoms. The van der Waals surface area contributed by atoms with Gasteiger partial charge in [-0.2, -0.15) is 0 Å². The Bertz CT molecular complexity index is 555. The maximum absolute atomic E-state index is 12.0. The van der Waals surface area contributed by atoms with Crippen LogP contribution in [0.25, 0.3) is 0 Å². The third-order valence-corrected chi connectivity index (χ3v) is 3.70. The largest absolute Gasteiger partial charge is 0.481 e. The van der Waals surface area contributed by atoms with Crippen LogP contribution >= 0.6 is 0 Å². The summed E-state index contributed by atoms with van der Waals surface area (Å²) in [7, 11) is 0. The van der Waals surface area contributed by atoms with E-state index >= 15 is 0 Å². The molecule has 112 valence electrons. The molecule has 2 N–H and O–H groups in total. The van der Waals surface area contributed by atoms with E-state index < -0.39 is 16.8 Å². The molecule has 1 amide bonds. The molecule has 1 fully saturated rings. The van der Waals surface area contributed by atoms with Crippen molar-refractivity contribution in [1.29, 1.82) is 0 Å². The maximum Gasteiger partial charge on any atom is 0.306 e. The fourth-order valence-electron chi connectivity index (χ4n) is 2.55. The van der Waals surface area contributed by atoms with Crippen LogP contribution in [0.2, 0.25) is 0 Å². The first-order chi connectivity index (χ1) is 9.97. The third kappa shape index (κ3) is 3.77. The van der Waals surface area contributed by atoms with E-state index in [9.17, 15) is 19.7 Å². The molecule has 7 heteroatoms.